The Bertz CT molecular complexity index is 614. The van der Waals surface area contributed by atoms with Gasteiger partial charge in [0.15, 0.2) is 0 Å². The molecule has 2 rings (SSSR count). The molecule has 0 saturated carbocycles. The maximum Gasteiger partial charge on any atom is 0.228 e. The van der Waals surface area contributed by atoms with E-state index in [9.17, 15) is 9.90 Å². The zero-order valence-corrected chi connectivity index (χ0v) is 11.1. The van der Waals surface area contributed by atoms with E-state index in [1.165, 1.54) is 6.20 Å². The number of nitrogens with zero attached hydrogens (tertiary/aromatic N) is 1. The molecule has 4 nitrogen and oxygen atoms in total. The average Bonchev–Trinajstić information content (AvgIpc) is 2.37. The fourth-order valence-corrected chi connectivity index (χ4v) is 1.77. The Hall–Kier alpha value is -2.07. The van der Waals surface area contributed by atoms with Gasteiger partial charge in [-0.2, -0.15) is 0 Å². The van der Waals surface area contributed by atoms with Gasteiger partial charge >= 0.3 is 0 Å². The lowest BCUT2D eigenvalue weighted by Crippen LogP contribution is -2.14. The fourth-order valence-electron chi connectivity index (χ4n) is 1.66. The molecule has 0 unspecified atom stereocenters. The van der Waals surface area contributed by atoms with E-state index in [4.69, 9.17) is 11.6 Å². The van der Waals surface area contributed by atoms with Gasteiger partial charge in [-0.15, -0.1) is 0 Å². The maximum atomic E-state index is 11.8. The van der Waals surface area contributed by atoms with E-state index in [-0.39, 0.29) is 18.1 Å². The topological polar surface area (TPSA) is 62.2 Å². The van der Waals surface area contributed by atoms with Crippen molar-refractivity contribution < 1.29 is 9.90 Å². The highest BCUT2D eigenvalue weighted by molar-refractivity contribution is 6.30. The molecule has 5 heteroatoms. The Morgan fingerprint density at radius 1 is 1.42 bits per heavy atom. The number of amides is 1. The van der Waals surface area contributed by atoms with Crippen LogP contribution in [0.5, 0.6) is 5.75 Å². The van der Waals surface area contributed by atoms with E-state index < -0.39 is 0 Å². The largest absolute Gasteiger partial charge is 0.508 e. The van der Waals surface area contributed by atoms with Crippen LogP contribution in [0.15, 0.2) is 36.5 Å². The molecule has 0 spiro atoms. The van der Waals surface area contributed by atoms with E-state index in [0.29, 0.717) is 16.4 Å². The van der Waals surface area contributed by atoms with E-state index in [1.807, 2.05) is 6.92 Å². The van der Waals surface area contributed by atoms with E-state index >= 15 is 0 Å². The predicted octanol–water partition coefficient (Wildman–Crippen LogP) is 2.93. The summed E-state index contributed by atoms with van der Waals surface area (Å²) in [6.07, 6.45) is 1.60. The number of hydrogen-bond donors (Lipinski definition) is 2. The number of carbonyl (C=O) groups is 1. The van der Waals surface area contributed by atoms with Crippen LogP contribution in [0.4, 0.5) is 5.69 Å². The SMILES string of the molecule is Cc1cc(NC(=O)Cc2ccccc2O)cnc1Cl. The van der Waals surface area contributed by atoms with Gasteiger partial charge in [0.25, 0.3) is 0 Å². The quantitative estimate of drug-likeness (QED) is 0.847. The lowest BCUT2D eigenvalue weighted by atomic mass is 10.1. The number of rotatable bonds is 3. The second kappa shape index (κ2) is 5.71. The fraction of sp³-hybridized carbons (Fsp3) is 0.143. The van der Waals surface area contributed by atoms with Crippen molar-refractivity contribution in [2.24, 2.45) is 0 Å². The number of halogens is 1. The Balaban J connectivity index is 2.05. The highest BCUT2D eigenvalue weighted by atomic mass is 35.5. The first-order valence-corrected chi connectivity index (χ1v) is 6.13. The summed E-state index contributed by atoms with van der Waals surface area (Å²) in [4.78, 5) is 15.8. The monoisotopic (exact) mass is 276 g/mol. The zero-order valence-electron chi connectivity index (χ0n) is 10.4. The Morgan fingerprint density at radius 2 is 2.16 bits per heavy atom. The van der Waals surface area contributed by atoms with Crippen LogP contribution in [-0.2, 0) is 11.2 Å². The van der Waals surface area contributed by atoms with Gasteiger partial charge in [0, 0.05) is 5.56 Å². The summed E-state index contributed by atoms with van der Waals surface area (Å²) in [7, 11) is 0. The summed E-state index contributed by atoms with van der Waals surface area (Å²) >= 11 is 5.81. The molecule has 0 saturated heterocycles. The van der Waals surface area contributed by atoms with Crippen molar-refractivity contribution in [1.82, 2.24) is 4.98 Å². The van der Waals surface area contributed by atoms with Crippen LogP contribution in [0.3, 0.4) is 0 Å². The number of carbonyl (C=O) groups excluding carboxylic acids is 1. The number of benzene rings is 1. The maximum absolute atomic E-state index is 11.8. The minimum Gasteiger partial charge on any atom is -0.508 e. The van der Waals surface area contributed by atoms with Gasteiger partial charge in [-0.05, 0) is 24.6 Å². The standard InChI is InChI=1S/C14H13ClN2O2/c1-9-6-11(8-16-14(9)15)17-13(19)7-10-4-2-3-5-12(10)18/h2-6,8,18H,7H2,1H3,(H,17,19). The van der Waals surface area contributed by atoms with Crippen molar-refractivity contribution in [2.45, 2.75) is 13.3 Å². The highest BCUT2D eigenvalue weighted by Gasteiger charge is 2.08. The number of pyridine rings is 1. The number of nitrogens with one attached hydrogen (secondary N) is 1. The van der Waals surface area contributed by atoms with Crippen LogP contribution >= 0.6 is 11.6 Å². The molecular weight excluding hydrogens is 264 g/mol. The Kier molecular flexibility index (Phi) is 4.02. The first-order chi connectivity index (χ1) is 9.06. The highest BCUT2D eigenvalue weighted by Crippen LogP contribution is 2.18. The first-order valence-electron chi connectivity index (χ1n) is 5.75. The molecule has 0 bridgehead atoms. The molecule has 1 aromatic heterocycles. The van der Waals surface area contributed by atoms with Crippen LogP contribution in [0.2, 0.25) is 5.15 Å². The van der Waals surface area contributed by atoms with Gasteiger partial charge in [0.05, 0.1) is 18.3 Å². The van der Waals surface area contributed by atoms with Crippen LogP contribution in [0, 0.1) is 6.92 Å². The summed E-state index contributed by atoms with van der Waals surface area (Å²) in [5.74, 6) is -0.104. The summed E-state index contributed by atoms with van der Waals surface area (Å²) < 4.78 is 0. The van der Waals surface area contributed by atoms with Gasteiger partial charge in [-0.25, -0.2) is 4.98 Å². The predicted molar refractivity (Wildman–Crippen MR) is 74.4 cm³/mol. The van der Waals surface area contributed by atoms with Gasteiger partial charge in [-0.3, -0.25) is 4.79 Å². The molecule has 0 radical (unpaired) electrons. The number of hydrogen-bond acceptors (Lipinski definition) is 3. The summed E-state index contributed by atoms with van der Waals surface area (Å²) in [5.41, 5.74) is 1.96. The van der Waals surface area contributed by atoms with Crippen molar-refractivity contribution in [3.05, 3.63) is 52.8 Å². The molecule has 0 aliphatic rings. The first kappa shape index (κ1) is 13.4. The molecule has 1 heterocycles. The third-order valence-electron chi connectivity index (χ3n) is 2.64. The van der Waals surface area contributed by atoms with Crippen LogP contribution in [0.1, 0.15) is 11.1 Å². The molecule has 0 aliphatic carbocycles. The molecule has 19 heavy (non-hydrogen) atoms. The molecular formula is C14H13ClN2O2. The average molecular weight is 277 g/mol. The van der Waals surface area contributed by atoms with Crippen molar-refractivity contribution in [3.8, 4) is 5.75 Å². The number of aromatic nitrogens is 1. The number of anilines is 1. The molecule has 2 aromatic rings. The van der Waals surface area contributed by atoms with Crippen molar-refractivity contribution >= 4 is 23.2 Å². The zero-order chi connectivity index (χ0) is 13.8. The second-order valence-corrected chi connectivity index (χ2v) is 4.54. The molecule has 0 fully saturated rings. The molecule has 1 aromatic carbocycles. The van der Waals surface area contributed by atoms with Crippen molar-refractivity contribution in [1.29, 1.82) is 0 Å². The minimum atomic E-state index is -0.218. The third-order valence-corrected chi connectivity index (χ3v) is 3.04. The summed E-state index contributed by atoms with van der Waals surface area (Å²) in [5, 5.41) is 12.7. The number of phenols is 1. The van der Waals surface area contributed by atoms with E-state index in [2.05, 4.69) is 10.3 Å². The summed E-state index contributed by atoms with van der Waals surface area (Å²) in [6.45, 7) is 1.81. The second-order valence-electron chi connectivity index (χ2n) is 4.19. The normalized spacial score (nSPS) is 10.2. The molecule has 0 atom stereocenters. The Labute approximate surface area is 116 Å². The molecule has 1 amide bonds. The minimum absolute atomic E-state index is 0.106. The van der Waals surface area contributed by atoms with E-state index in [0.717, 1.165) is 5.56 Å². The van der Waals surface area contributed by atoms with Gasteiger partial charge in [0.1, 0.15) is 10.9 Å². The van der Waals surface area contributed by atoms with Gasteiger partial charge < -0.3 is 10.4 Å². The van der Waals surface area contributed by atoms with E-state index in [1.54, 1.807) is 30.3 Å². The van der Waals surface area contributed by atoms with Crippen LogP contribution in [0.25, 0.3) is 0 Å². The molecule has 98 valence electrons. The van der Waals surface area contributed by atoms with Crippen molar-refractivity contribution in [3.63, 3.8) is 0 Å². The number of phenolic OH excluding ortho intramolecular Hbond substituents is 1. The smallest absolute Gasteiger partial charge is 0.228 e. The number of aromatic hydroxyl groups is 1. The number of para-hydroxylation sites is 1. The Morgan fingerprint density at radius 3 is 2.84 bits per heavy atom. The van der Waals surface area contributed by atoms with Gasteiger partial charge in [0.2, 0.25) is 5.91 Å². The van der Waals surface area contributed by atoms with Crippen LogP contribution < -0.4 is 5.32 Å². The lowest BCUT2D eigenvalue weighted by Gasteiger charge is -2.07. The third kappa shape index (κ3) is 3.45. The van der Waals surface area contributed by atoms with Gasteiger partial charge in [-0.1, -0.05) is 29.8 Å². The number of aryl methyl sites for hydroxylation is 1. The molecule has 2 N–H and O–H groups in total. The van der Waals surface area contributed by atoms with Crippen molar-refractivity contribution in [2.75, 3.05) is 5.32 Å². The van der Waals surface area contributed by atoms with Crippen LogP contribution in [-0.4, -0.2) is 16.0 Å². The molecule has 0 aliphatic heterocycles. The summed E-state index contributed by atoms with van der Waals surface area (Å²) in [6, 6.07) is 8.49. The lowest BCUT2D eigenvalue weighted by molar-refractivity contribution is -0.115.